The standard InChI is InChI=1S/C21H14F3N3O/c22-21(23,24)16-8-4-7-14(11-16)18-20(25)26-17-10-9-15(12-27(17)18)19(28)13-5-2-1-3-6-13/h1-12H,25H2. The largest absolute Gasteiger partial charge is 0.416 e. The van der Waals surface area contributed by atoms with Crippen LogP contribution in [0.3, 0.4) is 0 Å². The predicted molar refractivity (Wildman–Crippen MR) is 99.9 cm³/mol. The topological polar surface area (TPSA) is 60.4 Å². The zero-order chi connectivity index (χ0) is 19.9. The second-order valence-electron chi connectivity index (χ2n) is 6.27. The molecule has 7 heteroatoms. The average molecular weight is 381 g/mol. The summed E-state index contributed by atoms with van der Waals surface area (Å²) in [5.74, 6) is -0.117. The van der Waals surface area contributed by atoms with Gasteiger partial charge in [0.05, 0.1) is 11.3 Å². The first-order valence-corrected chi connectivity index (χ1v) is 8.39. The van der Waals surface area contributed by atoms with Gasteiger partial charge in [-0.3, -0.25) is 9.20 Å². The maximum Gasteiger partial charge on any atom is 0.416 e. The van der Waals surface area contributed by atoms with Gasteiger partial charge < -0.3 is 5.73 Å². The zero-order valence-corrected chi connectivity index (χ0v) is 14.4. The average Bonchev–Trinajstić information content (AvgIpc) is 3.02. The van der Waals surface area contributed by atoms with Crippen molar-refractivity contribution >= 4 is 17.2 Å². The molecule has 2 aromatic heterocycles. The summed E-state index contributed by atoms with van der Waals surface area (Å²) in [5, 5.41) is 0. The third-order valence-corrected chi connectivity index (χ3v) is 4.41. The molecule has 2 heterocycles. The molecule has 0 amide bonds. The Kier molecular flexibility index (Phi) is 4.15. The van der Waals surface area contributed by atoms with Gasteiger partial charge in [0.15, 0.2) is 11.6 Å². The van der Waals surface area contributed by atoms with Gasteiger partial charge in [-0.15, -0.1) is 0 Å². The Morgan fingerprint density at radius 3 is 2.39 bits per heavy atom. The lowest BCUT2D eigenvalue weighted by atomic mass is 10.0. The Balaban J connectivity index is 1.86. The van der Waals surface area contributed by atoms with E-state index in [-0.39, 0.29) is 17.2 Å². The number of imidazole rings is 1. The molecule has 0 aliphatic carbocycles. The van der Waals surface area contributed by atoms with Gasteiger partial charge in [0.1, 0.15) is 5.65 Å². The van der Waals surface area contributed by atoms with Gasteiger partial charge in [0.2, 0.25) is 0 Å². The fraction of sp³-hybridized carbons (Fsp3) is 0.0476. The van der Waals surface area contributed by atoms with Crippen molar-refractivity contribution in [1.29, 1.82) is 0 Å². The fourth-order valence-electron chi connectivity index (χ4n) is 3.08. The van der Waals surface area contributed by atoms with E-state index in [1.54, 1.807) is 47.0 Å². The molecule has 0 unspecified atom stereocenters. The van der Waals surface area contributed by atoms with Crippen LogP contribution >= 0.6 is 0 Å². The molecule has 0 radical (unpaired) electrons. The van der Waals surface area contributed by atoms with E-state index >= 15 is 0 Å². The summed E-state index contributed by atoms with van der Waals surface area (Å²) >= 11 is 0. The van der Waals surface area contributed by atoms with Crippen molar-refractivity contribution < 1.29 is 18.0 Å². The number of hydrogen-bond acceptors (Lipinski definition) is 3. The number of benzene rings is 2. The van der Waals surface area contributed by atoms with Crippen LogP contribution < -0.4 is 5.73 Å². The van der Waals surface area contributed by atoms with Gasteiger partial charge in [-0.1, -0.05) is 42.5 Å². The maximum atomic E-state index is 13.1. The highest BCUT2D eigenvalue weighted by molar-refractivity contribution is 6.09. The number of carbonyl (C=O) groups is 1. The Morgan fingerprint density at radius 1 is 0.929 bits per heavy atom. The summed E-state index contributed by atoms with van der Waals surface area (Å²) in [4.78, 5) is 16.9. The van der Waals surface area contributed by atoms with E-state index < -0.39 is 11.7 Å². The molecule has 28 heavy (non-hydrogen) atoms. The molecule has 0 saturated heterocycles. The number of halogens is 3. The number of anilines is 1. The van der Waals surface area contributed by atoms with Crippen molar-refractivity contribution in [3.63, 3.8) is 0 Å². The first-order valence-electron chi connectivity index (χ1n) is 8.39. The van der Waals surface area contributed by atoms with Crippen molar-refractivity contribution in [2.75, 3.05) is 5.73 Å². The minimum atomic E-state index is -4.47. The number of rotatable bonds is 3. The molecule has 0 fully saturated rings. The first kappa shape index (κ1) is 17.8. The van der Waals surface area contributed by atoms with Crippen LogP contribution in [0.15, 0.2) is 72.9 Å². The Labute approximate surface area is 158 Å². The summed E-state index contributed by atoms with van der Waals surface area (Å²) in [6.07, 6.45) is -2.93. The number of pyridine rings is 1. The SMILES string of the molecule is Nc1nc2ccc(C(=O)c3ccccc3)cn2c1-c1cccc(C(F)(F)F)c1. The highest BCUT2D eigenvalue weighted by Gasteiger charge is 2.31. The van der Waals surface area contributed by atoms with Crippen molar-refractivity contribution in [2.45, 2.75) is 6.18 Å². The number of alkyl halides is 3. The van der Waals surface area contributed by atoms with Gasteiger partial charge in [-0.2, -0.15) is 13.2 Å². The number of ketones is 1. The molecule has 0 bridgehead atoms. The molecule has 4 aromatic rings. The molecule has 140 valence electrons. The molecular formula is C21H14F3N3O. The molecule has 2 N–H and O–H groups in total. The van der Waals surface area contributed by atoms with E-state index in [1.807, 2.05) is 6.07 Å². The van der Waals surface area contributed by atoms with Crippen LogP contribution in [0.25, 0.3) is 16.9 Å². The summed E-state index contributed by atoms with van der Waals surface area (Å²) in [7, 11) is 0. The van der Waals surface area contributed by atoms with E-state index in [1.165, 1.54) is 12.1 Å². The van der Waals surface area contributed by atoms with E-state index in [0.717, 1.165) is 12.1 Å². The van der Waals surface area contributed by atoms with Crippen molar-refractivity contribution in [2.24, 2.45) is 0 Å². The van der Waals surface area contributed by atoms with Crippen LogP contribution in [0.5, 0.6) is 0 Å². The third-order valence-electron chi connectivity index (χ3n) is 4.41. The molecule has 0 saturated carbocycles. The minimum absolute atomic E-state index is 0.0867. The lowest BCUT2D eigenvalue weighted by Crippen LogP contribution is -2.05. The van der Waals surface area contributed by atoms with Gasteiger partial charge in [0, 0.05) is 22.9 Å². The number of hydrogen-bond donors (Lipinski definition) is 1. The monoisotopic (exact) mass is 381 g/mol. The molecule has 0 aliphatic heterocycles. The van der Waals surface area contributed by atoms with Crippen LogP contribution in [0.2, 0.25) is 0 Å². The van der Waals surface area contributed by atoms with E-state index in [4.69, 9.17) is 5.73 Å². The van der Waals surface area contributed by atoms with E-state index in [0.29, 0.717) is 22.5 Å². The summed E-state index contributed by atoms with van der Waals surface area (Å²) in [6, 6.07) is 16.8. The quantitative estimate of drug-likeness (QED) is 0.517. The molecule has 0 spiro atoms. The van der Waals surface area contributed by atoms with Crippen molar-refractivity contribution in [3.05, 3.63) is 89.6 Å². The molecule has 0 aliphatic rings. The van der Waals surface area contributed by atoms with E-state index in [9.17, 15) is 18.0 Å². The second kappa shape index (κ2) is 6.53. The number of carbonyl (C=O) groups excluding carboxylic acids is 1. The summed E-state index contributed by atoms with van der Waals surface area (Å²) < 4.78 is 40.8. The number of nitrogen functional groups attached to an aromatic ring is 1. The smallest absolute Gasteiger partial charge is 0.382 e. The number of fused-ring (bicyclic) bond motifs is 1. The van der Waals surface area contributed by atoms with Crippen molar-refractivity contribution in [1.82, 2.24) is 9.38 Å². The van der Waals surface area contributed by atoms with Crippen LogP contribution in [0.4, 0.5) is 19.0 Å². The normalized spacial score (nSPS) is 11.7. The van der Waals surface area contributed by atoms with Gasteiger partial charge in [0.25, 0.3) is 0 Å². The molecule has 2 aromatic carbocycles. The van der Waals surface area contributed by atoms with Crippen LogP contribution in [0.1, 0.15) is 21.5 Å². The van der Waals surface area contributed by atoms with Crippen LogP contribution in [0, 0.1) is 0 Å². The fourth-order valence-corrected chi connectivity index (χ4v) is 3.08. The Bertz CT molecular complexity index is 1180. The molecule has 4 rings (SSSR count). The number of aromatic nitrogens is 2. The second-order valence-corrected chi connectivity index (χ2v) is 6.27. The van der Waals surface area contributed by atoms with Crippen LogP contribution in [-0.2, 0) is 6.18 Å². The first-order chi connectivity index (χ1) is 13.3. The van der Waals surface area contributed by atoms with Gasteiger partial charge in [-0.05, 0) is 24.3 Å². The van der Waals surface area contributed by atoms with Gasteiger partial charge in [-0.25, -0.2) is 4.98 Å². The third kappa shape index (κ3) is 3.11. The van der Waals surface area contributed by atoms with Crippen molar-refractivity contribution in [3.8, 4) is 11.3 Å². The van der Waals surface area contributed by atoms with E-state index in [2.05, 4.69) is 4.98 Å². The number of nitrogens with zero attached hydrogens (tertiary/aromatic N) is 2. The maximum absolute atomic E-state index is 13.1. The Hall–Kier alpha value is -3.61. The molecule has 4 nitrogen and oxygen atoms in total. The summed E-state index contributed by atoms with van der Waals surface area (Å²) in [5.41, 5.74) is 7.11. The summed E-state index contributed by atoms with van der Waals surface area (Å²) in [6.45, 7) is 0. The predicted octanol–water partition coefficient (Wildman–Crippen LogP) is 4.83. The molecular weight excluding hydrogens is 367 g/mol. The zero-order valence-electron chi connectivity index (χ0n) is 14.4. The van der Waals surface area contributed by atoms with Crippen LogP contribution in [-0.4, -0.2) is 15.2 Å². The Morgan fingerprint density at radius 2 is 1.68 bits per heavy atom. The lowest BCUT2D eigenvalue weighted by Gasteiger charge is -2.10. The molecule has 0 atom stereocenters. The minimum Gasteiger partial charge on any atom is -0.382 e. The van der Waals surface area contributed by atoms with Gasteiger partial charge >= 0.3 is 6.18 Å². The number of nitrogens with two attached hydrogens (primary N) is 1. The highest BCUT2D eigenvalue weighted by atomic mass is 19.4. The lowest BCUT2D eigenvalue weighted by molar-refractivity contribution is -0.137. The highest BCUT2D eigenvalue weighted by Crippen LogP contribution is 2.34.